The maximum atomic E-state index is 12.8. The van der Waals surface area contributed by atoms with Gasteiger partial charge in [-0.05, 0) is 57.2 Å². The number of amides is 1. The Hall–Kier alpha value is -2.54. The van der Waals surface area contributed by atoms with Crippen LogP contribution in [0, 0.1) is 0 Å². The fraction of sp³-hybridized carbons (Fsp3) is 0.381. The number of benzene rings is 1. The Balaban J connectivity index is 2.07. The molecule has 0 atom stereocenters. The number of nitrogens with zero attached hydrogens (tertiary/aromatic N) is 1. The molecule has 1 aliphatic rings. The molecule has 2 rings (SSSR count). The summed E-state index contributed by atoms with van der Waals surface area (Å²) in [7, 11) is 2.06. The lowest BCUT2D eigenvalue weighted by Gasteiger charge is -2.29. The van der Waals surface area contributed by atoms with Gasteiger partial charge in [-0.25, -0.2) is 0 Å². The molecule has 152 valence electrons. The summed E-state index contributed by atoms with van der Waals surface area (Å²) in [6.07, 6.45) is 2.21. The molecule has 4 nitrogen and oxygen atoms in total. The highest BCUT2D eigenvalue weighted by atomic mass is 19.4. The lowest BCUT2D eigenvalue weighted by atomic mass is 10.1. The highest BCUT2D eigenvalue weighted by Gasteiger charge is 2.30. The largest absolute Gasteiger partial charge is 0.491 e. The highest BCUT2D eigenvalue weighted by Crippen LogP contribution is 2.29. The number of piperidine rings is 1. The molecule has 1 amide bonds. The van der Waals surface area contributed by atoms with Gasteiger partial charge >= 0.3 is 6.18 Å². The molecule has 0 bridgehead atoms. The monoisotopic (exact) mass is 394 g/mol. The third-order valence-electron chi connectivity index (χ3n) is 4.48. The van der Waals surface area contributed by atoms with Crippen LogP contribution in [0.3, 0.4) is 0 Å². The van der Waals surface area contributed by atoms with Crippen LogP contribution in [0.15, 0.2) is 60.5 Å². The summed E-state index contributed by atoms with van der Waals surface area (Å²) in [5.74, 6) is -0.0687. The Morgan fingerprint density at radius 3 is 2.57 bits per heavy atom. The Bertz CT molecular complexity index is 761. The Morgan fingerprint density at radius 1 is 1.32 bits per heavy atom. The first kappa shape index (κ1) is 21.8. The standard InChI is InChI=1S/C21H25F3N2O2/c1-4-17(14-18(5-2)28-19-9-11-26(3)12-10-19)25-20(27)15-7-6-8-16(13-15)21(22,23)24/h4-8,13-14,19H,1,9-12H2,2-3H3,(H,25,27)/b17-14+,18-5+. The van der Waals surface area contributed by atoms with Gasteiger partial charge in [0.05, 0.1) is 5.56 Å². The van der Waals surface area contributed by atoms with Crippen LogP contribution in [-0.2, 0) is 10.9 Å². The molecule has 1 aromatic carbocycles. The number of halogens is 3. The fourth-order valence-electron chi connectivity index (χ4n) is 2.82. The first-order valence-corrected chi connectivity index (χ1v) is 9.07. The zero-order valence-electron chi connectivity index (χ0n) is 16.1. The van der Waals surface area contributed by atoms with Gasteiger partial charge < -0.3 is 15.0 Å². The molecule has 0 radical (unpaired) electrons. The van der Waals surface area contributed by atoms with Crippen LogP contribution in [0.2, 0.25) is 0 Å². The average Bonchev–Trinajstić information content (AvgIpc) is 2.67. The molecule has 0 aromatic heterocycles. The number of rotatable bonds is 6. The normalized spacial score (nSPS) is 17.3. The SMILES string of the molecule is C=C/C(=C\C(=C/C)OC1CCN(C)CC1)NC(=O)c1cccc(C(F)(F)F)c1. The molecule has 1 N–H and O–H groups in total. The number of carbonyl (C=O) groups excluding carboxylic acids is 1. The molecule has 0 spiro atoms. The molecule has 0 unspecified atom stereocenters. The summed E-state index contributed by atoms with van der Waals surface area (Å²) < 4.78 is 44.5. The minimum absolute atomic E-state index is 0.0826. The van der Waals surface area contributed by atoms with E-state index in [9.17, 15) is 18.0 Å². The third-order valence-corrected chi connectivity index (χ3v) is 4.48. The first-order chi connectivity index (χ1) is 13.2. The van der Waals surface area contributed by atoms with Crippen molar-refractivity contribution in [2.24, 2.45) is 0 Å². The zero-order chi connectivity index (χ0) is 20.7. The van der Waals surface area contributed by atoms with Gasteiger partial charge in [-0.15, -0.1) is 0 Å². The number of hydrogen-bond acceptors (Lipinski definition) is 3. The maximum Gasteiger partial charge on any atom is 0.416 e. The van der Waals surface area contributed by atoms with Gasteiger partial charge in [0.1, 0.15) is 11.9 Å². The number of allylic oxidation sites excluding steroid dienone is 3. The molecule has 1 aromatic rings. The van der Waals surface area contributed by atoms with E-state index in [0.717, 1.165) is 38.1 Å². The topological polar surface area (TPSA) is 41.6 Å². The molecule has 1 saturated heterocycles. The van der Waals surface area contributed by atoms with Crippen molar-refractivity contribution in [1.29, 1.82) is 0 Å². The molecule has 28 heavy (non-hydrogen) atoms. The number of ether oxygens (including phenoxy) is 1. The summed E-state index contributed by atoms with van der Waals surface area (Å²) in [5, 5.41) is 2.58. The highest BCUT2D eigenvalue weighted by molar-refractivity contribution is 5.95. The van der Waals surface area contributed by atoms with Crippen molar-refractivity contribution in [2.75, 3.05) is 20.1 Å². The van der Waals surface area contributed by atoms with Crippen molar-refractivity contribution in [3.05, 3.63) is 71.7 Å². The van der Waals surface area contributed by atoms with Crippen molar-refractivity contribution in [2.45, 2.75) is 32.0 Å². The third kappa shape index (κ3) is 6.27. The maximum absolute atomic E-state index is 12.8. The van der Waals surface area contributed by atoms with Crippen LogP contribution in [-0.4, -0.2) is 37.0 Å². The zero-order valence-corrected chi connectivity index (χ0v) is 16.1. The van der Waals surface area contributed by atoms with Crippen LogP contribution in [0.25, 0.3) is 0 Å². The second kappa shape index (κ2) is 9.59. The summed E-state index contributed by atoms with van der Waals surface area (Å²) in [6.45, 7) is 7.37. The number of hydrogen-bond donors (Lipinski definition) is 1. The van der Waals surface area contributed by atoms with E-state index in [1.807, 2.05) is 6.92 Å². The van der Waals surface area contributed by atoms with Crippen LogP contribution in [0.1, 0.15) is 35.7 Å². The van der Waals surface area contributed by atoms with Crippen LogP contribution in [0.5, 0.6) is 0 Å². The summed E-state index contributed by atoms with van der Waals surface area (Å²) in [6, 6.07) is 4.28. The molecule has 7 heteroatoms. The van der Waals surface area contributed by atoms with E-state index in [0.29, 0.717) is 11.5 Å². The Labute approximate surface area is 163 Å². The smallest absolute Gasteiger partial charge is 0.416 e. The van der Waals surface area contributed by atoms with E-state index in [1.54, 1.807) is 12.2 Å². The molecular weight excluding hydrogens is 369 g/mol. The Morgan fingerprint density at radius 2 is 2.00 bits per heavy atom. The lowest BCUT2D eigenvalue weighted by molar-refractivity contribution is -0.137. The van der Waals surface area contributed by atoms with Crippen molar-refractivity contribution in [3.8, 4) is 0 Å². The van der Waals surface area contributed by atoms with Crippen molar-refractivity contribution in [3.63, 3.8) is 0 Å². The Kier molecular flexibility index (Phi) is 7.45. The fourth-order valence-corrected chi connectivity index (χ4v) is 2.82. The lowest BCUT2D eigenvalue weighted by Crippen LogP contribution is -2.34. The minimum atomic E-state index is -4.51. The van der Waals surface area contributed by atoms with E-state index in [1.165, 1.54) is 18.2 Å². The van der Waals surface area contributed by atoms with Gasteiger partial charge in [-0.3, -0.25) is 4.79 Å². The van der Waals surface area contributed by atoms with Crippen LogP contribution < -0.4 is 5.32 Å². The van der Waals surface area contributed by atoms with Crippen LogP contribution in [0.4, 0.5) is 13.2 Å². The van der Waals surface area contributed by atoms with E-state index in [2.05, 4.69) is 23.8 Å². The predicted octanol–water partition coefficient (Wildman–Crippen LogP) is 4.52. The van der Waals surface area contributed by atoms with E-state index in [-0.39, 0.29) is 11.7 Å². The molecule has 1 heterocycles. The summed E-state index contributed by atoms with van der Waals surface area (Å²) >= 11 is 0. The van der Waals surface area contributed by atoms with Gasteiger partial charge in [0.15, 0.2) is 0 Å². The van der Waals surface area contributed by atoms with Crippen molar-refractivity contribution in [1.82, 2.24) is 10.2 Å². The average molecular weight is 394 g/mol. The number of likely N-dealkylation sites (tertiary alicyclic amines) is 1. The van der Waals surface area contributed by atoms with Gasteiger partial charge in [-0.1, -0.05) is 12.6 Å². The second-order valence-corrected chi connectivity index (χ2v) is 6.65. The second-order valence-electron chi connectivity index (χ2n) is 6.65. The molecule has 1 aliphatic heterocycles. The first-order valence-electron chi connectivity index (χ1n) is 9.07. The summed E-state index contributed by atoms with van der Waals surface area (Å²) in [5.41, 5.74) is -0.603. The molecule has 0 aliphatic carbocycles. The predicted molar refractivity (Wildman–Crippen MR) is 103 cm³/mol. The van der Waals surface area contributed by atoms with Crippen molar-refractivity contribution >= 4 is 5.91 Å². The van der Waals surface area contributed by atoms with Gasteiger partial charge in [-0.2, -0.15) is 13.2 Å². The van der Waals surface area contributed by atoms with Gasteiger partial charge in [0, 0.05) is 30.4 Å². The molecular formula is C21H25F3N2O2. The number of nitrogens with one attached hydrogen (secondary N) is 1. The quantitative estimate of drug-likeness (QED) is 0.570. The van der Waals surface area contributed by atoms with E-state index < -0.39 is 17.6 Å². The van der Waals surface area contributed by atoms with Gasteiger partial charge in [0.2, 0.25) is 0 Å². The van der Waals surface area contributed by atoms with Crippen LogP contribution >= 0.6 is 0 Å². The molecule has 1 fully saturated rings. The van der Waals surface area contributed by atoms with Gasteiger partial charge in [0.25, 0.3) is 5.91 Å². The minimum Gasteiger partial charge on any atom is -0.491 e. The summed E-state index contributed by atoms with van der Waals surface area (Å²) in [4.78, 5) is 14.6. The van der Waals surface area contributed by atoms with E-state index >= 15 is 0 Å². The molecule has 0 saturated carbocycles. The van der Waals surface area contributed by atoms with E-state index in [4.69, 9.17) is 4.74 Å². The van der Waals surface area contributed by atoms with Crippen molar-refractivity contribution < 1.29 is 22.7 Å². The number of alkyl halides is 3. The number of carbonyl (C=O) groups is 1.